The first-order valence-electron chi connectivity index (χ1n) is 7.01. The summed E-state index contributed by atoms with van der Waals surface area (Å²) in [4.78, 5) is 11.3. The van der Waals surface area contributed by atoms with E-state index >= 15 is 0 Å². The smallest absolute Gasteiger partial charge is 0.162 e. The third-order valence-corrected chi connectivity index (χ3v) is 3.56. The van der Waals surface area contributed by atoms with Crippen molar-refractivity contribution < 1.29 is 0 Å². The van der Waals surface area contributed by atoms with Gasteiger partial charge in [-0.05, 0) is 12.1 Å². The van der Waals surface area contributed by atoms with Gasteiger partial charge in [-0.2, -0.15) is 0 Å². The van der Waals surface area contributed by atoms with Crippen LogP contribution in [0, 0.1) is 0 Å². The van der Waals surface area contributed by atoms with Crippen molar-refractivity contribution in [3.63, 3.8) is 0 Å². The Bertz CT molecular complexity index is 785. The van der Waals surface area contributed by atoms with Gasteiger partial charge in [0.05, 0.1) is 5.69 Å². The first-order valence-corrected chi connectivity index (χ1v) is 7.39. The standard InChI is InChI=1S/C18H16ClN3/c1-22(2)17-12-16(14-9-6-10-15(19)11-14)20-18(21-17)13-7-4-3-5-8-13/h3-12H,1-2H3. The molecule has 110 valence electrons. The Balaban J connectivity index is 2.16. The second-order valence-corrected chi connectivity index (χ2v) is 5.64. The second kappa shape index (κ2) is 6.16. The third-order valence-electron chi connectivity index (χ3n) is 3.32. The van der Waals surface area contributed by atoms with Crippen molar-refractivity contribution in [3.8, 4) is 22.6 Å². The molecule has 3 rings (SSSR count). The molecule has 1 aromatic heterocycles. The van der Waals surface area contributed by atoms with Crippen LogP contribution in [0.2, 0.25) is 5.02 Å². The van der Waals surface area contributed by atoms with E-state index < -0.39 is 0 Å². The molecule has 0 N–H and O–H groups in total. The van der Waals surface area contributed by atoms with Gasteiger partial charge in [-0.15, -0.1) is 0 Å². The van der Waals surface area contributed by atoms with Gasteiger partial charge in [0, 0.05) is 36.3 Å². The molecule has 0 aliphatic heterocycles. The fraction of sp³-hybridized carbons (Fsp3) is 0.111. The number of nitrogens with zero attached hydrogens (tertiary/aromatic N) is 3. The number of aromatic nitrogens is 2. The average molecular weight is 310 g/mol. The molecule has 0 fully saturated rings. The van der Waals surface area contributed by atoms with Crippen LogP contribution >= 0.6 is 11.6 Å². The van der Waals surface area contributed by atoms with Crippen LogP contribution < -0.4 is 4.90 Å². The molecule has 0 bridgehead atoms. The summed E-state index contributed by atoms with van der Waals surface area (Å²) in [6.07, 6.45) is 0. The molecule has 0 unspecified atom stereocenters. The number of anilines is 1. The maximum absolute atomic E-state index is 6.10. The van der Waals surface area contributed by atoms with E-state index in [1.165, 1.54) is 0 Å². The van der Waals surface area contributed by atoms with E-state index in [1.807, 2.05) is 79.7 Å². The highest BCUT2D eigenvalue weighted by molar-refractivity contribution is 6.30. The molecule has 0 radical (unpaired) electrons. The molecule has 22 heavy (non-hydrogen) atoms. The lowest BCUT2D eigenvalue weighted by Gasteiger charge is -2.14. The molecule has 4 heteroatoms. The van der Waals surface area contributed by atoms with Crippen LogP contribution in [0.5, 0.6) is 0 Å². The lowest BCUT2D eigenvalue weighted by Crippen LogP contribution is -2.12. The zero-order valence-electron chi connectivity index (χ0n) is 12.5. The van der Waals surface area contributed by atoms with E-state index in [0.29, 0.717) is 10.8 Å². The predicted molar refractivity (Wildman–Crippen MR) is 92.2 cm³/mol. The SMILES string of the molecule is CN(C)c1cc(-c2cccc(Cl)c2)nc(-c2ccccc2)n1. The Morgan fingerprint density at radius 2 is 1.55 bits per heavy atom. The summed E-state index contributed by atoms with van der Waals surface area (Å²) >= 11 is 6.10. The summed E-state index contributed by atoms with van der Waals surface area (Å²) < 4.78 is 0. The molecule has 0 spiro atoms. The molecule has 3 nitrogen and oxygen atoms in total. The highest BCUT2D eigenvalue weighted by atomic mass is 35.5. The van der Waals surface area contributed by atoms with E-state index in [9.17, 15) is 0 Å². The van der Waals surface area contributed by atoms with Crippen LogP contribution in [-0.2, 0) is 0 Å². The fourth-order valence-electron chi connectivity index (χ4n) is 2.18. The maximum atomic E-state index is 6.10. The minimum Gasteiger partial charge on any atom is -0.363 e. The second-order valence-electron chi connectivity index (χ2n) is 5.21. The van der Waals surface area contributed by atoms with E-state index in [4.69, 9.17) is 16.6 Å². The molecular weight excluding hydrogens is 294 g/mol. The van der Waals surface area contributed by atoms with Gasteiger partial charge in [-0.25, -0.2) is 9.97 Å². The van der Waals surface area contributed by atoms with Gasteiger partial charge in [0.15, 0.2) is 5.82 Å². The van der Waals surface area contributed by atoms with Crippen molar-refractivity contribution in [3.05, 3.63) is 65.7 Å². The summed E-state index contributed by atoms with van der Waals surface area (Å²) in [7, 11) is 3.94. The predicted octanol–water partition coefficient (Wildman–Crippen LogP) is 4.53. The summed E-state index contributed by atoms with van der Waals surface area (Å²) in [5, 5.41) is 0.698. The van der Waals surface area contributed by atoms with Crippen molar-refractivity contribution >= 4 is 17.4 Å². The Kier molecular flexibility index (Phi) is 4.07. The molecule has 3 aromatic rings. The topological polar surface area (TPSA) is 29.0 Å². The fourth-order valence-corrected chi connectivity index (χ4v) is 2.37. The van der Waals surface area contributed by atoms with E-state index in [2.05, 4.69) is 4.98 Å². The lowest BCUT2D eigenvalue weighted by molar-refractivity contribution is 1.04. The highest BCUT2D eigenvalue weighted by Gasteiger charge is 2.10. The van der Waals surface area contributed by atoms with Crippen LogP contribution in [0.4, 0.5) is 5.82 Å². The summed E-state index contributed by atoms with van der Waals surface area (Å²) in [6.45, 7) is 0. The van der Waals surface area contributed by atoms with Gasteiger partial charge in [0.2, 0.25) is 0 Å². The minimum atomic E-state index is 0.698. The van der Waals surface area contributed by atoms with E-state index in [-0.39, 0.29) is 0 Å². The third kappa shape index (κ3) is 3.10. The normalized spacial score (nSPS) is 10.5. The molecule has 2 aromatic carbocycles. The number of benzene rings is 2. The van der Waals surface area contributed by atoms with E-state index in [1.54, 1.807) is 0 Å². The monoisotopic (exact) mass is 309 g/mol. The molecule has 0 saturated heterocycles. The molecule has 0 atom stereocenters. The first kappa shape index (κ1) is 14.5. The lowest BCUT2D eigenvalue weighted by atomic mass is 10.1. The quantitative estimate of drug-likeness (QED) is 0.712. The average Bonchev–Trinajstić information content (AvgIpc) is 2.55. The summed E-state index contributed by atoms with van der Waals surface area (Å²) in [5.74, 6) is 1.57. The summed E-state index contributed by atoms with van der Waals surface area (Å²) in [5.41, 5.74) is 2.84. The van der Waals surface area contributed by atoms with Crippen LogP contribution in [0.25, 0.3) is 22.6 Å². The van der Waals surface area contributed by atoms with Gasteiger partial charge >= 0.3 is 0 Å². The maximum Gasteiger partial charge on any atom is 0.162 e. The zero-order chi connectivity index (χ0) is 15.5. The molecule has 0 amide bonds. The Morgan fingerprint density at radius 1 is 0.818 bits per heavy atom. The Morgan fingerprint density at radius 3 is 2.23 bits per heavy atom. The van der Waals surface area contributed by atoms with Crippen LogP contribution in [0.15, 0.2) is 60.7 Å². The molecule has 1 heterocycles. The van der Waals surface area contributed by atoms with Crippen molar-refractivity contribution in [1.29, 1.82) is 0 Å². The summed E-state index contributed by atoms with van der Waals surface area (Å²) in [6, 6.07) is 19.7. The van der Waals surface area contributed by atoms with Gasteiger partial charge in [-0.1, -0.05) is 54.1 Å². The van der Waals surface area contributed by atoms with Crippen LogP contribution in [0.3, 0.4) is 0 Å². The Labute approximate surface area is 135 Å². The van der Waals surface area contributed by atoms with Gasteiger partial charge in [0.1, 0.15) is 5.82 Å². The molecule has 0 aliphatic carbocycles. The van der Waals surface area contributed by atoms with Gasteiger partial charge in [-0.3, -0.25) is 0 Å². The molecular formula is C18H16ClN3. The molecule has 0 aliphatic rings. The number of rotatable bonds is 3. The van der Waals surface area contributed by atoms with E-state index in [0.717, 1.165) is 22.6 Å². The Hall–Kier alpha value is -2.39. The van der Waals surface area contributed by atoms with Crippen LogP contribution in [0.1, 0.15) is 0 Å². The first-order chi connectivity index (χ1) is 10.6. The molecule has 0 saturated carbocycles. The van der Waals surface area contributed by atoms with Crippen molar-refractivity contribution in [2.45, 2.75) is 0 Å². The number of hydrogen-bond acceptors (Lipinski definition) is 3. The van der Waals surface area contributed by atoms with Crippen molar-refractivity contribution in [2.75, 3.05) is 19.0 Å². The number of halogens is 1. The highest BCUT2D eigenvalue weighted by Crippen LogP contribution is 2.26. The van der Waals surface area contributed by atoms with Crippen LogP contribution in [-0.4, -0.2) is 24.1 Å². The minimum absolute atomic E-state index is 0.698. The van der Waals surface area contributed by atoms with Crippen molar-refractivity contribution in [2.24, 2.45) is 0 Å². The zero-order valence-corrected chi connectivity index (χ0v) is 13.2. The number of hydrogen-bond donors (Lipinski definition) is 0. The largest absolute Gasteiger partial charge is 0.363 e. The van der Waals surface area contributed by atoms with Gasteiger partial charge in [0.25, 0.3) is 0 Å². The van der Waals surface area contributed by atoms with Gasteiger partial charge < -0.3 is 4.90 Å². The van der Waals surface area contributed by atoms with Crippen molar-refractivity contribution in [1.82, 2.24) is 9.97 Å².